The van der Waals surface area contributed by atoms with Gasteiger partial charge in [0.25, 0.3) is 0 Å². The highest BCUT2D eigenvalue weighted by molar-refractivity contribution is 5.99. The van der Waals surface area contributed by atoms with Crippen LogP contribution in [0.1, 0.15) is 38.3 Å². The third kappa shape index (κ3) is 6.50. The van der Waals surface area contributed by atoms with E-state index in [0.717, 1.165) is 5.56 Å². The first-order valence-electron chi connectivity index (χ1n) is 10.4. The smallest absolute Gasteiger partial charge is 0.407 e. The summed E-state index contributed by atoms with van der Waals surface area (Å²) in [6.45, 7) is 5.17. The SMILES string of the molecule is CC(C)(C)OC(=O)NC(CC(=O)N[C@@H]1Cc2cccnc2NC1=O)Cc1ccccc1F. The highest BCUT2D eigenvalue weighted by Crippen LogP contribution is 2.19. The van der Waals surface area contributed by atoms with Gasteiger partial charge in [-0.1, -0.05) is 24.3 Å². The highest BCUT2D eigenvalue weighted by Gasteiger charge is 2.29. The molecule has 9 heteroatoms. The molecule has 1 aromatic carbocycles. The minimum Gasteiger partial charge on any atom is -0.444 e. The number of rotatable bonds is 6. The molecule has 2 heterocycles. The topological polar surface area (TPSA) is 109 Å². The van der Waals surface area contributed by atoms with Gasteiger partial charge in [-0.25, -0.2) is 14.2 Å². The molecule has 2 aromatic rings. The van der Waals surface area contributed by atoms with Crippen molar-refractivity contribution in [2.75, 3.05) is 5.32 Å². The Balaban J connectivity index is 1.67. The molecule has 0 spiro atoms. The Morgan fingerprint density at radius 1 is 1.25 bits per heavy atom. The summed E-state index contributed by atoms with van der Waals surface area (Å²) in [5.74, 6) is -0.767. The van der Waals surface area contributed by atoms with Crippen molar-refractivity contribution < 1.29 is 23.5 Å². The number of carbonyl (C=O) groups excluding carboxylic acids is 3. The lowest BCUT2D eigenvalue weighted by Crippen LogP contribution is -2.50. The van der Waals surface area contributed by atoms with Crippen LogP contribution in [-0.2, 0) is 27.2 Å². The van der Waals surface area contributed by atoms with Crippen LogP contribution in [0.4, 0.5) is 15.0 Å². The number of alkyl carbamates (subject to hydrolysis) is 1. The van der Waals surface area contributed by atoms with Crippen molar-refractivity contribution in [3.05, 3.63) is 59.5 Å². The number of carbonyl (C=O) groups is 3. The van der Waals surface area contributed by atoms with Gasteiger partial charge in [-0.3, -0.25) is 9.59 Å². The van der Waals surface area contributed by atoms with Gasteiger partial charge >= 0.3 is 6.09 Å². The van der Waals surface area contributed by atoms with Crippen LogP contribution in [-0.4, -0.2) is 40.6 Å². The van der Waals surface area contributed by atoms with Gasteiger partial charge in [0.05, 0.1) is 0 Å². The van der Waals surface area contributed by atoms with Gasteiger partial charge in [-0.05, 0) is 50.5 Å². The largest absolute Gasteiger partial charge is 0.444 e. The summed E-state index contributed by atoms with van der Waals surface area (Å²) in [6, 6.07) is 8.23. The second kappa shape index (κ2) is 9.76. The minimum atomic E-state index is -0.769. The summed E-state index contributed by atoms with van der Waals surface area (Å²) >= 11 is 0. The fourth-order valence-electron chi connectivity index (χ4n) is 3.40. The Kier molecular flexibility index (Phi) is 7.07. The second-order valence-electron chi connectivity index (χ2n) is 8.67. The molecule has 32 heavy (non-hydrogen) atoms. The lowest BCUT2D eigenvalue weighted by Gasteiger charge is -2.26. The van der Waals surface area contributed by atoms with Gasteiger partial charge in [-0.2, -0.15) is 0 Å². The maximum Gasteiger partial charge on any atom is 0.407 e. The van der Waals surface area contributed by atoms with Crippen LogP contribution in [0.15, 0.2) is 42.6 Å². The number of benzene rings is 1. The monoisotopic (exact) mass is 442 g/mol. The molecule has 1 aromatic heterocycles. The van der Waals surface area contributed by atoms with E-state index in [4.69, 9.17) is 4.74 Å². The van der Waals surface area contributed by atoms with Gasteiger partial charge in [0.2, 0.25) is 11.8 Å². The molecule has 3 N–H and O–H groups in total. The van der Waals surface area contributed by atoms with Gasteiger partial charge in [0.1, 0.15) is 23.3 Å². The first kappa shape index (κ1) is 23.2. The zero-order valence-electron chi connectivity index (χ0n) is 18.3. The molecule has 0 saturated carbocycles. The zero-order valence-corrected chi connectivity index (χ0v) is 18.3. The third-order valence-electron chi connectivity index (χ3n) is 4.79. The molecule has 0 bridgehead atoms. The molecule has 0 fully saturated rings. The van der Waals surface area contributed by atoms with Crippen molar-refractivity contribution >= 4 is 23.7 Å². The van der Waals surface area contributed by atoms with Crippen molar-refractivity contribution in [1.82, 2.24) is 15.6 Å². The summed E-state index contributed by atoms with van der Waals surface area (Å²) < 4.78 is 19.4. The Bertz CT molecular complexity index is 1010. The van der Waals surface area contributed by atoms with Crippen molar-refractivity contribution in [3.8, 4) is 0 Å². The number of pyridine rings is 1. The fourth-order valence-corrected chi connectivity index (χ4v) is 3.40. The van der Waals surface area contributed by atoms with Crippen LogP contribution in [0.2, 0.25) is 0 Å². The summed E-state index contributed by atoms with van der Waals surface area (Å²) in [5, 5.41) is 8.01. The Morgan fingerprint density at radius 3 is 2.72 bits per heavy atom. The molecule has 170 valence electrons. The number of aromatic nitrogens is 1. The summed E-state index contributed by atoms with van der Waals surface area (Å²) in [5.41, 5.74) is 0.445. The lowest BCUT2D eigenvalue weighted by atomic mass is 10.00. The molecule has 3 amide bonds. The van der Waals surface area contributed by atoms with E-state index >= 15 is 0 Å². The number of hydrogen-bond donors (Lipinski definition) is 3. The molecule has 1 unspecified atom stereocenters. The number of halogens is 1. The molecule has 2 atom stereocenters. The zero-order chi connectivity index (χ0) is 23.3. The molecule has 0 radical (unpaired) electrons. The van der Waals surface area contributed by atoms with E-state index in [1.165, 1.54) is 6.07 Å². The van der Waals surface area contributed by atoms with Crippen molar-refractivity contribution in [3.63, 3.8) is 0 Å². The van der Waals surface area contributed by atoms with E-state index in [1.54, 1.807) is 51.2 Å². The number of amides is 3. The summed E-state index contributed by atoms with van der Waals surface area (Å²) in [6.07, 6.45) is 1.11. The average molecular weight is 442 g/mol. The number of hydrogen-bond acceptors (Lipinski definition) is 5. The Labute approximate surface area is 185 Å². The molecule has 0 saturated heterocycles. The maximum atomic E-state index is 14.2. The molecular formula is C23H27FN4O4. The quantitative estimate of drug-likeness (QED) is 0.637. The van der Waals surface area contributed by atoms with E-state index in [2.05, 4.69) is 20.9 Å². The van der Waals surface area contributed by atoms with E-state index in [-0.39, 0.29) is 18.7 Å². The van der Waals surface area contributed by atoms with Crippen LogP contribution in [0, 0.1) is 5.82 Å². The molecule has 0 aliphatic carbocycles. The number of fused-ring (bicyclic) bond motifs is 1. The Hall–Kier alpha value is -3.49. The third-order valence-corrected chi connectivity index (χ3v) is 4.79. The van der Waals surface area contributed by atoms with Crippen LogP contribution in [0.5, 0.6) is 0 Å². The van der Waals surface area contributed by atoms with Gasteiger partial charge in [0.15, 0.2) is 0 Å². The predicted octanol–water partition coefficient (Wildman–Crippen LogP) is 2.73. The fraction of sp³-hybridized carbons (Fsp3) is 0.391. The normalized spacial score (nSPS) is 16.4. The highest BCUT2D eigenvalue weighted by atomic mass is 19.1. The number of nitrogens with zero attached hydrogens (tertiary/aromatic N) is 1. The molecular weight excluding hydrogens is 415 g/mol. The Morgan fingerprint density at radius 2 is 2.00 bits per heavy atom. The number of anilines is 1. The van der Waals surface area contributed by atoms with Gasteiger partial charge < -0.3 is 20.7 Å². The van der Waals surface area contributed by atoms with Crippen molar-refractivity contribution in [2.45, 2.75) is 57.7 Å². The number of ether oxygens (including phenoxy) is 1. The van der Waals surface area contributed by atoms with E-state index < -0.39 is 35.5 Å². The molecule has 1 aliphatic rings. The van der Waals surface area contributed by atoms with Crippen molar-refractivity contribution in [1.29, 1.82) is 0 Å². The van der Waals surface area contributed by atoms with E-state index in [9.17, 15) is 18.8 Å². The molecule has 1 aliphatic heterocycles. The van der Waals surface area contributed by atoms with E-state index in [1.807, 2.05) is 6.07 Å². The van der Waals surface area contributed by atoms with Crippen LogP contribution >= 0.6 is 0 Å². The molecule has 3 rings (SSSR count). The van der Waals surface area contributed by atoms with Crippen LogP contribution < -0.4 is 16.0 Å². The first-order chi connectivity index (χ1) is 15.1. The summed E-state index contributed by atoms with van der Waals surface area (Å²) in [4.78, 5) is 41.5. The maximum absolute atomic E-state index is 14.2. The second-order valence-corrected chi connectivity index (χ2v) is 8.67. The van der Waals surface area contributed by atoms with Crippen molar-refractivity contribution in [2.24, 2.45) is 0 Å². The van der Waals surface area contributed by atoms with Crippen LogP contribution in [0.3, 0.4) is 0 Å². The average Bonchev–Trinajstić information content (AvgIpc) is 2.68. The standard InChI is InChI=1S/C23H27FN4O4/c1-23(2,3)32-22(31)26-16(11-14-7-4-5-9-17(14)24)13-19(29)27-18-12-15-8-6-10-25-20(15)28-21(18)30/h4-10,16,18H,11-13H2,1-3H3,(H,26,31)(H,27,29)(H,25,28,30)/t16?,18-/m1/s1. The predicted molar refractivity (Wildman–Crippen MR) is 116 cm³/mol. The minimum absolute atomic E-state index is 0.0863. The first-order valence-corrected chi connectivity index (χ1v) is 10.4. The lowest BCUT2D eigenvalue weighted by molar-refractivity contribution is -0.127. The number of nitrogens with one attached hydrogen (secondary N) is 3. The van der Waals surface area contributed by atoms with E-state index in [0.29, 0.717) is 17.8 Å². The summed E-state index contributed by atoms with van der Waals surface area (Å²) in [7, 11) is 0. The van der Waals surface area contributed by atoms with Crippen LogP contribution in [0.25, 0.3) is 0 Å². The molecule has 8 nitrogen and oxygen atoms in total. The van der Waals surface area contributed by atoms with Gasteiger partial charge in [-0.15, -0.1) is 0 Å². The van der Waals surface area contributed by atoms with Gasteiger partial charge in [0, 0.05) is 25.1 Å².